The van der Waals surface area contributed by atoms with Gasteiger partial charge in [0.05, 0.1) is 5.69 Å². The van der Waals surface area contributed by atoms with Gasteiger partial charge in [-0.25, -0.2) is 0 Å². The van der Waals surface area contributed by atoms with E-state index in [1.165, 1.54) is 0 Å². The summed E-state index contributed by atoms with van der Waals surface area (Å²) in [5.41, 5.74) is 7.18. The third-order valence-corrected chi connectivity index (χ3v) is 3.87. The van der Waals surface area contributed by atoms with Crippen LogP contribution in [0.15, 0.2) is 24.3 Å². The van der Waals surface area contributed by atoms with Gasteiger partial charge in [0.1, 0.15) is 0 Å². The van der Waals surface area contributed by atoms with E-state index in [0.717, 1.165) is 5.56 Å². The summed E-state index contributed by atoms with van der Waals surface area (Å²) in [7, 11) is 0. The Labute approximate surface area is 142 Å². The van der Waals surface area contributed by atoms with Gasteiger partial charge >= 0.3 is 0 Å². The summed E-state index contributed by atoms with van der Waals surface area (Å²) in [4.78, 5) is 1.93. The summed E-state index contributed by atoms with van der Waals surface area (Å²) in [6, 6.07) is 6.93. The summed E-state index contributed by atoms with van der Waals surface area (Å²) >= 11 is 24.2. The maximum atomic E-state index is 6.20. The van der Waals surface area contributed by atoms with Crippen LogP contribution in [0.5, 0.6) is 0 Å². The van der Waals surface area contributed by atoms with Crippen LogP contribution in [0.4, 0.5) is 5.69 Å². The molecule has 1 aromatic carbocycles. The van der Waals surface area contributed by atoms with Crippen molar-refractivity contribution in [3.8, 4) is 0 Å². The number of nitrogens with zero attached hydrogens (tertiary/aromatic N) is 3. The number of rotatable bonds is 5. The van der Waals surface area contributed by atoms with Gasteiger partial charge < -0.3 is 10.6 Å². The van der Waals surface area contributed by atoms with Crippen LogP contribution in [0.3, 0.4) is 0 Å². The zero-order valence-corrected chi connectivity index (χ0v) is 13.9. The normalized spacial score (nSPS) is 10.7. The van der Waals surface area contributed by atoms with Crippen LogP contribution in [0.2, 0.25) is 20.4 Å². The first-order valence-electron chi connectivity index (χ1n) is 6.09. The van der Waals surface area contributed by atoms with Crippen LogP contribution in [-0.2, 0) is 6.54 Å². The maximum absolute atomic E-state index is 6.20. The third kappa shape index (κ3) is 4.34. The molecular weight excluding hydrogens is 354 g/mol. The first-order chi connectivity index (χ1) is 10.0. The number of hydrogen-bond donors (Lipinski definition) is 1. The van der Waals surface area contributed by atoms with Gasteiger partial charge in [0.2, 0.25) is 0 Å². The highest BCUT2D eigenvalue weighted by molar-refractivity contribution is 6.34. The summed E-state index contributed by atoms with van der Waals surface area (Å²) in [5.74, 6) is 0. The molecule has 0 amide bonds. The highest BCUT2D eigenvalue weighted by Gasteiger charge is 2.15. The molecule has 0 atom stereocenters. The molecule has 21 heavy (non-hydrogen) atoms. The predicted octanol–water partition coefficient (Wildman–Crippen LogP) is 4.06. The zero-order valence-electron chi connectivity index (χ0n) is 10.9. The molecule has 0 unspecified atom stereocenters. The maximum Gasteiger partial charge on any atom is 0.175 e. The minimum atomic E-state index is 0.256. The highest BCUT2D eigenvalue weighted by atomic mass is 35.5. The quantitative estimate of drug-likeness (QED) is 0.868. The van der Waals surface area contributed by atoms with E-state index in [2.05, 4.69) is 10.2 Å². The lowest BCUT2D eigenvalue weighted by Gasteiger charge is -2.25. The van der Waals surface area contributed by atoms with Crippen LogP contribution in [0, 0.1) is 0 Å². The van der Waals surface area contributed by atoms with E-state index < -0.39 is 0 Å². The molecule has 0 aliphatic carbocycles. The van der Waals surface area contributed by atoms with Crippen LogP contribution < -0.4 is 10.6 Å². The van der Waals surface area contributed by atoms with Crippen molar-refractivity contribution in [3.05, 3.63) is 50.2 Å². The molecule has 1 heterocycles. The first-order valence-corrected chi connectivity index (χ1v) is 7.60. The van der Waals surface area contributed by atoms with E-state index in [9.17, 15) is 0 Å². The Morgan fingerprint density at radius 3 is 2.52 bits per heavy atom. The number of benzene rings is 1. The second-order valence-corrected chi connectivity index (χ2v) is 5.88. The molecular formula is C13H12Cl4N4. The Kier molecular flexibility index (Phi) is 5.90. The summed E-state index contributed by atoms with van der Waals surface area (Å²) in [6.07, 6.45) is 0. The Morgan fingerprint density at radius 2 is 1.81 bits per heavy atom. The molecule has 0 saturated carbocycles. The number of anilines is 1. The molecule has 0 saturated heterocycles. The summed E-state index contributed by atoms with van der Waals surface area (Å²) in [5, 5.41) is 9.24. The first kappa shape index (κ1) is 16.6. The van der Waals surface area contributed by atoms with Gasteiger partial charge in [-0.2, -0.15) is 0 Å². The molecule has 1 aromatic heterocycles. The number of aromatic nitrogens is 2. The molecule has 0 spiro atoms. The second-order valence-electron chi connectivity index (χ2n) is 4.29. The fraction of sp³-hybridized carbons (Fsp3) is 0.231. The topological polar surface area (TPSA) is 55.0 Å². The van der Waals surface area contributed by atoms with Gasteiger partial charge in [-0.05, 0) is 23.8 Å². The SMILES string of the molecule is NCCN(Cc1cc(Cl)ccc1Cl)c1cc(Cl)nnc1Cl. The monoisotopic (exact) mass is 364 g/mol. The number of halogens is 4. The second kappa shape index (κ2) is 7.47. The lowest BCUT2D eigenvalue weighted by molar-refractivity contribution is 0.784. The Hall–Kier alpha value is -0.780. The predicted molar refractivity (Wildman–Crippen MR) is 88.6 cm³/mol. The Bertz CT molecular complexity index is 636. The van der Waals surface area contributed by atoms with Crippen molar-refractivity contribution >= 4 is 52.1 Å². The van der Waals surface area contributed by atoms with Crippen molar-refractivity contribution < 1.29 is 0 Å². The van der Waals surface area contributed by atoms with Crippen LogP contribution >= 0.6 is 46.4 Å². The van der Waals surface area contributed by atoms with E-state index in [1.807, 2.05) is 4.90 Å². The highest BCUT2D eigenvalue weighted by Crippen LogP contribution is 2.29. The summed E-state index contributed by atoms with van der Waals surface area (Å²) < 4.78 is 0. The molecule has 0 bridgehead atoms. The van der Waals surface area contributed by atoms with Crippen LogP contribution in [0.25, 0.3) is 0 Å². The van der Waals surface area contributed by atoms with Crippen molar-refractivity contribution in [1.29, 1.82) is 0 Å². The lowest BCUT2D eigenvalue weighted by Crippen LogP contribution is -2.29. The molecule has 2 rings (SSSR count). The average Bonchev–Trinajstić information content (AvgIpc) is 2.45. The largest absolute Gasteiger partial charge is 0.363 e. The van der Waals surface area contributed by atoms with Crippen molar-refractivity contribution in [2.24, 2.45) is 5.73 Å². The van der Waals surface area contributed by atoms with Gasteiger partial charge in [0.25, 0.3) is 0 Å². The van der Waals surface area contributed by atoms with E-state index in [4.69, 9.17) is 52.1 Å². The fourth-order valence-corrected chi connectivity index (χ4v) is 2.60. The minimum absolute atomic E-state index is 0.256. The Morgan fingerprint density at radius 1 is 1.05 bits per heavy atom. The minimum Gasteiger partial charge on any atom is -0.363 e. The molecule has 112 valence electrons. The van der Waals surface area contributed by atoms with E-state index in [1.54, 1.807) is 24.3 Å². The molecule has 2 N–H and O–H groups in total. The molecule has 0 radical (unpaired) electrons. The van der Waals surface area contributed by atoms with E-state index in [0.29, 0.717) is 35.4 Å². The van der Waals surface area contributed by atoms with Crippen molar-refractivity contribution in [3.63, 3.8) is 0 Å². The molecule has 0 aliphatic rings. The van der Waals surface area contributed by atoms with Crippen molar-refractivity contribution in [2.75, 3.05) is 18.0 Å². The van der Waals surface area contributed by atoms with E-state index in [-0.39, 0.29) is 10.3 Å². The lowest BCUT2D eigenvalue weighted by atomic mass is 10.2. The van der Waals surface area contributed by atoms with Gasteiger partial charge in [-0.3, -0.25) is 0 Å². The number of nitrogens with two attached hydrogens (primary N) is 1. The van der Waals surface area contributed by atoms with E-state index >= 15 is 0 Å². The molecule has 0 fully saturated rings. The van der Waals surface area contributed by atoms with Crippen LogP contribution in [0.1, 0.15) is 5.56 Å². The Balaban J connectivity index is 2.35. The fourth-order valence-electron chi connectivity index (χ4n) is 1.88. The molecule has 4 nitrogen and oxygen atoms in total. The van der Waals surface area contributed by atoms with Gasteiger partial charge in [0, 0.05) is 35.7 Å². The van der Waals surface area contributed by atoms with Crippen LogP contribution in [-0.4, -0.2) is 23.3 Å². The van der Waals surface area contributed by atoms with Gasteiger partial charge in [-0.1, -0.05) is 46.4 Å². The third-order valence-electron chi connectivity index (χ3n) is 2.81. The molecule has 2 aromatic rings. The number of hydrogen-bond acceptors (Lipinski definition) is 4. The smallest absolute Gasteiger partial charge is 0.175 e. The van der Waals surface area contributed by atoms with Crippen molar-refractivity contribution in [2.45, 2.75) is 6.54 Å². The zero-order chi connectivity index (χ0) is 15.4. The van der Waals surface area contributed by atoms with Gasteiger partial charge in [-0.15, -0.1) is 10.2 Å². The average molecular weight is 366 g/mol. The standard InChI is InChI=1S/C13H12Cl4N4/c14-9-1-2-10(15)8(5-9)7-21(4-3-18)11-6-12(16)19-20-13(11)17/h1-2,5-6H,3-4,7,18H2. The summed E-state index contributed by atoms with van der Waals surface area (Å²) in [6.45, 7) is 1.48. The molecule has 0 aliphatic heterocycles. The van der Waals surface area contributed by atoms with Crippen molar-refractivity contribution in [1.82, 2.24) is 10.2 Å². The van der Waals surface area contributed by atoms with Gasteiger partial charge in [0.15, 0.2) is 10.3 Å². The molecule has 8 heteroatoms.